The summed E-state index contributed by atoms with van der Waals surface area (Å²) in [7, 11) is 3.96. The van der Waals surface area contributed by atoms with Crippen LogP contribution in [0.3, 0.4) is 0 Å². The lowest BCUT2D eigenvalue weighted by Crippen LogP contribution is -2.29. The number of hydrogen-bond donors (Lipinski definition) is 2. The molecule has 1 aliphatic heterocycles. The van der Waals surface area contributed by atoms with E-state index >= 15 is 0 Å². The molecule has 0 bridgehead atoms. The fourth-order valence-electron chi connectivity index (χ4n) is 2.94. The molecule has 0 aliphatic carbocycles. The summed E-state index contributed by atoms with van der Waals surface area (Å²) in [5.74, 6) is -0.268. The van der Waals surface area contributed by atoms with E-state index in [9.17, 15) is 14.4 Å². The van der Waals surface area contributed by atoms with E-state index in [-0.39, 0.29) is 37.2 Å². The highest BCUT2D eigenvalue weighted by Gasteiger charge is 2.28. The van der Waals surface area contributed by atoms with Gasteiger partial charge in [-0.05, 0) is 35.4 Å². The zero-order chi connectivity index (χ0) is 20.1. The second-order valence-electron chi connectivity index (χ2n) is 6.94. The van der Waals surface area contributed by atoms with E-state index in [2.05, 4.69) is 10.6 Å². The summed E-state index contributed by atoms with van der Waals surface area (Å²) >= 11 is 0. The van der Waals surface area contributed by atoms with Gasteiger partial charge in [-0.25, -0.2) is 4.79 Å². The molecule has 28 heavy (non-hydrogen) atoms. The minimum absolute atomic E-state index is 0.134. The van der Waals surface area contributed by atoms with Crippen LogP contribution in [0.4, 0.5) is 16.2 Å². The zero-order valence-electron chi connectivity index (χ0n) is 16.1. The summed E-state index contributed by atoms with van der Waals surface area (Å²) in [5, 5.41) is 5.59. The highest BCUT2D eigenvalue weighted by atomic mass is 16.2. The van der Waals surface area contributed by atoms with E-state index in [1.807, 2.05) is 43.3 Å². The van der Waals surface area contributed by atoms with Gasteiger partial charge in [0.05, 0.1) is 6.54 Å². The number of hydrogen-bond acceptors (Lipinski definition) is 4. The number of benzene rings is 2. The van der Waals surface area contributed by atoms with Crippen LogP contribution in [0.5, 0.6) is 0 Å². The van der Waals surface area contributed by atoms with Gasteiger partial charge in [-0.3, -0.25) is 14.5 Å². The molecule has 0 aromatic heterocycles. The Balaban J connectivity index is 1.49. The fourth-order valence-corrected chi connectivity index (χ4v) is 2.94. The Bertz CT molecular complexity index is 844. The van der Waals surface area contributed by atoms with Crippen molar-refractivity contribution in [3.05, 3.63) is 59.7 Å². The number of rotatable bonds is 6. The Kier molecular flexibility index (Phi) is 5.93. The van der Waals surface area contributed by atoms with Crippen molar-refractivity contribution >= 4 is 29.2 Å². The third kappa shape index (κ3) is 4.88. The van der Waals surface area contributed by atoms with E-state index < -0.39 is 0 Å². The van der Waals surface area contributed by atoms with Gasteiger partial charge in [0.1, 0.15) is 0 Å². The molecule has 0 unspecified atom stereocenters. The summed E-state index contributed by atoms with van der Waals surface area (Å²) in [6, 6.07) is 14.8. The maximum absolute atomic E-state index is 12.1. The Labute approximate surface area is 164 Å². The molecule has 0 radical (unpaired) electrons. The van der Waals surface area contributed by atoms with E-state index in [1.54, 1.807) is 24.3 Å². The molecule has 4 amide bonds. The second-order valence-corrected chi connectivity index (χ2v) is 6.94. The summed E-state index contributed by atoms with van der Waals surface area (Å²) in [4.78, 5) is 38.7. The van der Waals surface area contributed by atoms with E-state index in [0.717, 1.165) is 16.8 Å². The summed E-state index contributed by atoms with van der Waals surface area (Å²) in [5.41, 5.74) is 3.60. The topological polar surface area (TPSA) is 81.8 Å². The minimum Gasteiger partial charge on any atom is -0.378 e. The third-order valence-corrected chi connectivity index (χ3v) is 4.61. The van der Waals surface area contributed by atoms with Gasteiger partial charge in [0.15, 0.2) is 0 Å². The van der Waals surface area contributed by atoms with E-state index in [1.165, 1.54) is 4.90 Å². The number of likely N-dealkylation sites (tertiary alicyclic amines) is 1. The smallest absolute Gasteiger partial charge is 0.319 e. The Morgan fingerprint density at radius 2 is 1.50 bits per heavy atom. The predicted octanol–water partition coefficient (Wildman–Crippen LogP) is 2.72. The normalized spacial score (nSPS) is 13.6. The van der Waals surface area contributed by atoms with Gasteiger partial charge in [0.25, 0.3) is 0 Å². The van der Waals surface area contributed by atoms with Gasteiger partial charge in [-0.15, -0.1) is 0 Å². The number of urea groups is 1. The van der Waals surface area contributed by atoms with Crippen molar-refractivity contribution in [2.75, 3.05) is 24.3 Å². The quantitative estimate of drug-likeness (QED) is 0.755. The van der Waals surface area contributed by atoms with Crippen LogP contribution in [0.2, 0.25) is 0 Å². The molecule has 2 N–H and O–H groups in total. The highest BCUT2D eigenvalue weighted by Crippen LogP contribution is 2.17. The molecule has 7 nitrogen and oxygen atoms in total. The number of nitrogens with zero attached hydrogens (tertiary/aromatic N) is 2. The van der Waals surface area contributed by atoms with Crippen molar-refractivity contribution in [2.24, 2.45) is 0 Å². The SMILES string of the molecule is CN(C)c1ccc(CNC(=O)Nc2ccc(CN3C(=O)CCC3=O)cc2)cc1. The average Bonchev–Trinajstić information content (AvgIpc) is 3.00. The summed E-state index contributed by atoms with van der Waals surface area (Å²) in [6.45, 7) is 0.698. The first-order valence-electron chi connectivity index (χ1n) is 9.15. The molecule has 3 rings (SSSR count). The first-order chi connectivity index (χ1) is 13.4. The first kappa shape index (κ1) is 19.4. The Morgan fingerprint density at radius 3 is 2.07 bits per heavy atom. The largest absolute Gasteiger partial charge is 0.378 e. The van der Waals surface area contributed by atoms with Crippen LogP contribution < -0.4 is 15.5 Å². The standard InChI is InChI=1S/C21H24N4O3/c1-24(2)18-9-5-15(6-10-18)13-22-21(28)23-17-7-3-16(4-8-17)14-25-19(26)11-12-20(25)27/h3-10H,11-14H2,1-2H3,(H2,22,23,28). The van der Waals surface area contributed by atoms with Crippen LogP contribution in [-0.2, 0) is 22.7 Å². The molecule has 1 saturated heterocycles. The summed E-state index contributed by atoms with van der Waals surface area (Å²) < 4.78 is 0. The van der Waals surface area contributed by atoms with Crippen LogP contribution in [0.25, 0.3) is 0 Å². The van der Waals surface area contributed by atoms with Gasteiger partial charge in [-0.2, -0.15) is 0 Å². The average molecular weight is 380 g/mol. The van der Waals surface area contributed by atoms with Crippen molar-refractivity contribution < 1.29 is 14.4 Å². The van der Waals surface area contributed by atoms with Crippen LogP contribution in [-0.4, -0.2) is 36.8 Å². The lowest BCUT2D eigenvalue weighted by molar-refractivity contribution is -0.139. The van der Waals surface area contributed by atoms with Crippen molar-refractivity contribution in [2.45, 2.75) is 25.9 Å². The Hall–Kier alpha value is -3.35. The van der Waals surface area contributed by atoms with Crippen molar-refractivity contribution in [1.82, 2.24) is 10.2 Å². The highest BCUT2D eigenvalue weighted by molar-refractivity contribution is 6.01. The fraction of sp³-hybridized carbons (Fsp3) is 0.286. The zero-order valence-corrected chi connectivity index (χ0v) is 16.1. The molecule has 0 atom stereocenters. The van der Waals surface area contributed by atoms with Gasteiger partial charge >= 0.3 is 6.03 Å². The third-order valence-electron chi connectivity index (χ3n) is 4.61. The molecule has 2 aromatic rings. The maximum Gasteiger partial charge on any atom is 0.319 e. The number of imide groups is 1. The number of nitrogens with one attached hydrogen (secondary N) is 2. The second kappa shape index (κ2) is 8.56. The molecule has 146 valence electrons. The van der Waals surface area contributed by atoms with Crippen LogP contribution in [0.15, 0.2) is 48.5 Å². The van der Waals surface area contributed by atoms with Gasteiger partial charge in [0, 0.05) is 44.9 Å². The molecular weight excluding hydrogens is 356 g/mol. The minimum atomic E-state index is -0.297. The predicted molar refractivity (Wildman–Crippen MR) is 108 cm³/mol. The van der Waals surface area contributed by atoms with Crippen LogP contribution in [0, 0.1) is 0 Å². The maximum atomic E-state index is 12.1. The Morgan fingerprint density at radius 1 is 0.929 bits per heavy atom. The number of carbonyl (C=O) groups is 3. The van der Waals surface area contributed by atoms with Gasteiger partial charge < -0.3 is 15.5 Å². The van der Waals surface area contributed by atoms with Gasteiger partial charge in [0.2, 0.25) is 11.8 Å². The van der Waals surface area contributed by atoms with Crippen LogP contribution in [0.1, 0.15) is 24.0 Å². The first-order valence-corrected chi connectivity index (χ1v) is 9.15. The molecule has 7 heteroatoms. The van der Waals surface area contributed by atoms with E-state index in [4.69, 9.17) is 0 Å². The van der Waals surface area contributed by atoms with Crippen molar-refractivity contribution in [1.29, 1.82) is 0 Å². The van der Waals surface area contributed by atoms with Crippen molar-refractivity contribution in [3.8, 4) is 0 Å². The summed E-state index contributed by atoms with van der Waals surface area (Å²) in [6.07, 6.45) is 0.576. The number of anilines is 2. The van der Waals surface area contributed by atoms with Crippen LogP contribution >= 0.6 is 0 Å². The number of carbonyl (C=O) groups excluding carboxylic acids is 3. The van der Waals surface area contributed by atoms with Gasteiger partial charge in [-0.1, -0.05) is 24.3 Å². The molecular formula is C21H24N4O3. The lowest BCUT2D eigenvalue weighted by atomic mass is 10.2. The molecule has 0 spiro atoms. The molecule has 1 fully saturated rings. The lowest BCUT2D eigenvalue weighted by Gasteiger charge is -2.14. The molecule has 1 aliphatic rings. The number of amides is 4. The van der Waals surface area contributed by atoms with Crippen molar-refractivity contribution in [3.63, 3.8) is 0 Å². The monoisotopic (exact) mass is 380 g/mol. The molecule has 0 saturated carbocycles. The molecule has 1 heterocycles. The molecule has 2 aromatic carbocycles. The van der Waals surface area contributed by atoms with E-state index in [0.29, 0.717) is 12.2 Å².